The Hall–Kier alpha value is -1.53. The van der Waals surface area contributed by atoms with Gasteiger partial charge in [-0.15, -0.1) is 12.4 Å². The third-order valence-electron chi connectivity index (χ3n) is 3.50. The maximum absolute atomic E-state index is 11.8. The van der Waals surface area contributed by atoms with Crippen LogP contribution < -0.4 is 16.4 Å². The Labute approximate surface area is 130 Å². The highest BCUT2D eigenvalue weighted by atomic mass is 35.5. The van der Waals surface area contributed by atoms with E-state index in [9.17, 15) is 9.59 Å². The predicted octanol–water partition coefficient (Wildman–Crippen LogP) is 1.34. The summed E-state index contributed by atoms with van der Waals surface area (Å²) in [4.78, 5) is 23.5. The molecule has 0 unspecified atom stereocenters. The van der Waals surface area contributed by atoms with E-state index in [-0.39, 0.29) is 43.4 Å². The lowest BCUT2D eigenvalue weighted by Crippen LogP contribution is -2.42. The third-order valence-corrected chi connectivity index (χ3v) is 3.50. The van der Waals surface area contributed by atoms with Gasteiger partial charge in [0.05, 0.1) is 18.7 Å². The van der Waals surface area contributed by atoms with Crippen molar-refractivity contribution in [1.82, 2.24) is 10.6 Å². The van der Waals surface area contributed by atoms with Crippen LogP contribution in [-0.4, -0.2) is 24.4 Å². The van der Waals surface area contributed by atoms with Crippen LogP contribution in [-0.2, 0) is 11.3 Å². The Morgan fingerprint density at radius 1 is 1.29 bits per heavy atom. The molecule has 1 saturated carbocycles. The zero-order chi connectivity index (χ0) is 14.4. The van der Waals surface area contributed by atoms with Gasteiger partial charge >= 0.3 is 0 Å². The van der Waals surface area contributed by atoms with Crippen LogP contribution in [0.25, 0.3) is 0 Å². The van der Waals surface area contributed by atoms with Crippen molar-refractivity contribution in [3.63, 3.8) is 0 Å². The molecule has 0 spiro atoms. The predicted molar refractivity (Wildman–Crippen MR) is 81.2 cm³/mol. The molecule has 7 heteroatoms. The molecule has 1 heterocycles. The van der Waals surface area contributed by atoms with E-state index in [4.69, 9.17) is 10.2 Å². The Morgan fingerprint density at radius 3 is 2.62 bits per heavy atom. The van der Waals surface area contributed by atoms with Gasteiger partial charge in [-0.05, 0) is 18.9 Å². The van der Waals surface area contributed by atoms with E-state index in [0.717, 1.165) is 25.7 Å². The fraction of sp³-hybridized carbons (Fsp3) is 0.571. The van der Waals surface area contributed by atoms with Gasteiger partial charge < -0.3 is 20.8 Å². The lowest BCUT2D eigenvalue weighted by atomic mass is 9.95. The lowest BCUT2D eigenvalue weighted by Gasteiger charge is -2.22. The summed E-state index contributed by atoms with van der Waals surface area (Å²) in [7, 11) is 0. The summed E-state index contributed by atoms with van der Waals surface area (Å²) in [5, 5.41) is 5.52. The van der Waals surface area contributed by atoms with E-state index in [2.05, 4.69) is 10.6 Å². The Bertz CT molecular complexity index is 470. The molecule has 2 rings (SSSR count). The topological polar surface area (TPSA) is 97.4 Å². The fourth-order valence-electron chi connectivity index (χ4n) is 2.40. The number of nitrogens with one attached hydrogen (secondary N) is 2. The van der Waals surface area contributed by atoms with Gasteiger partial charge in [0.1, 0.15) is 12.0 Å². The van der Waals surface area contributed by atoms with Crippen LogP contribution in [0.1, 0.15) is 48.2 Å². The van der Waals surface area contributed by atoms with Crippen molar-refractivity contribution in [1.29, 1.82) is 0 Å². The Balaban J connectivity index is 0.00000220. The first-order valence-corrected chi connectivity index (χ1v) is 7.04. The molecule has 1 aromatic rings. The van der Waals surface area contributed by atoms with Crippen LogP contribution in [0.5, 0.6) is 0 Å². The van der Waals surface area contributed by atoms with Crippen LogP contribution in [0.2, 0.25) is 0 Å². The number of amides is 2. The van der Waals surface area contributed by atoms with E-state index in [0.29, 0.717) is 11.3 Å². The van der Waals surface area contributed by atoms with Gasteiger partial charge in [-0.2, -0.15) is 0 Å². The number of rotatable bonds is 5. The molecule has 0 bridgehead atoms. The highest BCUT2D eigenvalue weighted by Gasteiger charge is 2.16. The van der Waals surface area contributed by atoms with Crippen LogP contribution >= 0.6 is 12.4 Å². The zero-order valence-electron chi connectivity index (χ0n) is 11.9. The number of hydrogen-bond acceptors (Lipinski definition) is 4. The van der Waals surface area contributed by atoms with Crippen molar-refractivity contribution >= 4 is 24.2 Å². The minimum Gasteiger partial charge on any atom is -0.467 e. The molecular weight excluding hydrogens is 294 g/mol. The maximum atomic E-state index is 11.8. The van der Waals surface area contributed by atoms with E-state index in [1.54, 1.807) is 6.07 Å². The molecule has 0 saturated heterocycles. The van der Waals surface area contributed by atoms with Gasteiger partial charge in [0.15, 0.2) is 0 Å². The first-order chi connectivity index (χ1) is 9.69. The fourth-order valence-corrected chi connectivity index (χ4v) is 2.40. The minimum atomic E-state index is -0.327. The van der Waals surface area contributed by atoms with Crippen molar-refractivity contribution in [3.8, 4) is 0 Å². The van der Waals surface area contributed by atoms with Gasteiger partial charge in [0.25, 0.3) is 5.91 Å². The first kappa shape index (κ1) is 17.5. The van der Waals surface area contributed by atoms with Gasteiger partial charge in [-0.1, -0.05) is 19.3 Å². The summed E-state index contributed by atoms with van der Waals surface area (Å²) in [5.41, 5.74) is 5.79. The molecule has 118 valence electrons. The third kappa shape index (κ3) is 5.40. The molecule has 6 nitrogen and oxygen atoms in total. The molecule has 21 heavy (non-hydrogen) atoms. The summed E-state index contributed by atoms with van der Waals surface area (Å²) in [6.07, 6.45) is 6.97. The number of hydrogen-bond donors (Lipinski definition) is 3. The summed E-state index contributed by atoms with van der Waals surface area (Å²) < 4.78 is 5.08. The maximum Gasteiger partial charge on any atom is 0.254 e. The number of nitrogens with two attached hydrogens (primary N) is 1. The van der Waals surface area contributed by atoms with Crippen LogP contribution in [0.15, 0.2) is 16.7 Å². The standard InChI is InChI=1S/C14H21N3O3.ClH/c15-7-12-6-10(9-20-12)14(19)16-8-13(18)17-11-4-2-1-3-5-11;/h6,9,11H,1-5,7-8,15H2,(H,16,19)(H,17,18);1H. The molecule has 0 atom stereocenters. The van der Waals surface area contributed by atoms with E-state index in [1.807, 2.05) is 0 Å². The highest BCUT2D eigenvalue weighted by molar-refractivity contribution is 5.96. The SMILES string of the molecule is Cl.NCc1cc(C(=O)NCC(=O)NC2CCCCC2)co1. The average molecular weight is 316 g/mol. The minimum absolute atomic E-state index is 0. The monoisotopic (exact) mass is 315 g/mol. The largest absolute Gasteiger partial charge is 0.467 e. The van der Waals surface area contributed by atoms with Crippen molar-refractivity contribution in [2.45, 2.75) is 44.7 Å². The molecule has 1 aliphatic rings. The van der Waals surface area contributed by atoms with Crippen LogP contribution in [0.3, 0.4) is 0 Å². The molecule has 1 fully saturated rings. The second-order valence-corrected chi connectivity index (χ2v) is 5.09. The average Bonchev–Trinajstić information content (AvgIpc) is 2.95. The number of furan rings is 1. The molecule has 0 radical (unpaired) electrons. The van der Waals surface area contributed by atoms with Crippen LogP contribution in [0, 0.1) is 0 Å². The normalized spacial score (nSPS) is 15.1. The Kier molecular flexibility index (Phi) is 7.25. The molecular formula is C14H22ClN3O3. The Morgan fingerprint density at radius 2 is 2.00 bits per heavy atom. The molecule has 0 aliphatic heterocycles. The van der Waals surface area contributed by atoms with Gasteiger partial charge in [-0.3, -0.25) is 9.59 Å². The molecule has 1 aliphatic carbocycles. The molecule has 4 N–H and O–H groups in total. The second kappa shape index (κ2) is 8.69. The highest BCUT2D eigenvalue weighted by Crippen LogP contribution is 2.17. The van der Waals surface area contributed by atoms with E-state index >= 15 is 0 Å². The van der Waals surface area contributed by atoms with Crippen molar-refractivity contribution in [2.75, 3.05) is 6.54 Å². The summed E-state index contributed by atoms with van der Waals surface area (Å²) >= 11 is 0. The molecule has 1 aromatic heterocycles. The summed E-state index contributed by atoms with van der Waals surface area (Å²) in [6, 6.07) is 1.83. The zero-order valence-corrected chi connectivity index (χ0v) is 12.7. The smallest absolute Gasteiger partial charge is 0.254 e. The number of carbonyl (C=O) groups excluding carboxylic acids is 2. The molecule has 0 aromatic carbocycles. The lowest BCUT2D eigenvalue weighted by molar-refractivity contribution is -0.121. The van der Waals surface area contributed by atoms with Gasteiger partial charge in [0, 0.05) is 6.04 Å². The van der Waals surface area contributed by atoms with Gasteiger partial charge in [-0.25, -0.2) is 0 Å². The number of halogens is 1. The summed E-state index contributed by atoms with van der Waals surface area (Å²) in [6.45, 7) is 0.230. The van der Waals surface area contributed by atoms with Crippen molar-refractivity contribution in [3.05, 3.63) is 23.7 Å². The second-order valence-electron chi connectivity index (χ2n) is 5.09. The van der Waals surface area contributed by atoms with E-state index < -0.39 is 0 Å². The van der Waals surface area contributed by atoms with E-state index in [1.165, 1.54) is 12.7 Å². The quantitative estimate of drug-likeness (QED) is 0.763. The first-order valence-electron chi connectivity index (χ1n) is 7.04. The number of carbonyl (C=O) groups is 2. The van der Waals surface area contributed by atoms with Crippen molar-refractivity contribution in [2.24, 2.45) is 5.73 Å². The van der Waals surface area contributed by atoms with Crippen LogP contribution in [0.4, 0.5) is 0 Å². The van der Waals surface area contributed by atoms with Crippen molar-refractivity contribution < 1.29 is 14.0 Å². The molecule has 2 amide bonds. The van der Waals surface area contributed by atoms with Gasteiger partial charge in [0.2, 0.25) is 5.91 Å². The summed E-state index contributed by atoms with van der Waals surface area (Å²) in [5.74, 6) is 0.0712.